The Balaban J connectivity index is 1.43. The van der Waals surface area contributed by atoms with Gasteiger partial charge >= 0.3 is 0 Å². The maximum Gasteiger partial charge on any atom is 0.253 e. The molecule has 3 fully saturated rings. The summed E-state index contributed by atoms with van der Waals surface area (Å²) in [5.41, 5.74) is 1.47. The molecule has 3 aliphatic rings. The van der Waals surface area contributed by atoms with Crippen molar-refractivity contribution in [1.29, 1.82) is 10.5 Å². The van der Waals surface area contributed by atoms with Crippen molar-refractivity contribution in [3.8, 4) is 12.3 Å². The van der Waals surface area contributed by atoms with Crippen LogP contribution in [0.15, 0.2) is 18.2 Å². The van der Waals surface area contributed by atoms with Crippen LogP contribution in [0.2, 0.25) is 5.02 Å². The third kappa shape index (κ3) is 3.50. The molecule has 7 heteroatoms. The second-order valence-corrected chi connectivity index (χ2v) is 8.51. The Morgan fingerprint density at radius 2 is 2.14 bits per heavy atom. The summed E-state index contributed by atoms with van der Waals surface area (Å²) >= 11 is 6.46. The molecule has 6 nitrogen and oxygen atoms in total. The van der Waals surface area contributed by atoms with E-state index >= 15 is 0 Å². The molecule has 0 spiro atoms. The highest BCUT2D eigenvalue weighted by atomic mass is 35.5. The Labute approximate surface area is 170 Å². The molecule has 3 saturated heterocycles. The highest BCUT2D eigenvalue weighted by Gasteiger charge is 2.46. The number of hydrogen-bond donors (Lipinski definition) is 1. The molecule has 4 rings (SSSR count). The molecule has 0 aromatic heterocycles. The van der Waals surface area contributed by atoms with E-state index in [1.807, 2.05) is 17.0 Å². The summed E-state index contributed by atoms with van der Waals surface area (Å²) in [7, 11) is 0. The normalized spacial score (nSPS) is 28.7. The Morgan fingerprint density at radius 1 is 1.29 bits per heavy atom. The fraction of sp³-hybridized carbons (Fsp3) is 0.571. The van der Waals surface area contributed by atoms with Crippen molar-refractivity contribution in [3.63, 3.8) is 0 Å². The van der Waals surface area contributed by atoms with E-state index in [1.54, 1.807) is 6.07 Å². The number of fused-ring (bicyclic) bond motifs is 2. The quantitative estimate of drug-likeness (QED) is 0.788. The van der Waals surface area contributed by atoms with Gasteiger partial charge in [-0.15, -0.1) is 0 Å². The van der Waals surface area contributed by atoms with Crippen LogP contribution in [0.5, 0.6) is 0 Å². The molecular weight excluding hydrogens is 374 g/mol. The van der Waals surface area contributed by atoms with Gasteiger partial charge in [-0.3, -0.25) is 4.79 Å². The van der Waals surface area contributed by atoms with Gasteiger partial charge in [0.25, 0.3) is 5.91 Å². The number of piperidine rings is 1. The Kier molecular flexibility index (Phi) is 5.33. The fourth-order valence-corrected chi connectivity index (χ4v) is 5.29. The molecular formula is C21H24ClN5O. The first-order valence-corrected chi connectivity index (χ1v) is 10.4. The fourth-order valence-electron chi connectivity index (χ4n) is 5.03. The number of hydrogen-bond acceptors (Lipinski definition) is 5. The minimum atomic E-state index is -0.173. The molecule has 3 heterocycles. The smallest absolute Gasteiger partial charge is 0.253 e. The Bertz CT molecular complexity index is 844. The summed E-state index contributed by atoms with van der Waals surface area (Å²) in [4.78, 5) is 16.9. The summed E-state index contributed by atoms with van der Waals surface area (Å²) in [6, 6.07) is 8.24. The number of carbonyl (C=O) groups is 1. The number of benzene rings is 1. The number of amides is 1. The van der Waals surface area contributed by atoms with Crippen molar-refractivity contribution in [1.82, 2.24) is 10.2 Å². The lowest BCUT2D eigenvalue weighted by atomic mass is 9.94. The first-order valence-electron chi connectivity index (χ1n) is 10.0. The predicted molar refractivity (Wildman–Crippen MR) is 107 cm³/mol. The minimum absolute atomic E-state index is 0.00970. The van der Waals surface area contributed by atoms with Crippen LogP contribution >= 0.6 is 11.6 Å². The highest BCUT2D eigenvalue weighted by Crippen LogP contribution is 2.37. The largest absolute Gasteiger partial charge is 0.371 e. The number of nitrogens with one attached hydrogen (secondary N) is 1. The molecule has 0 saturated carbocycles. The van der Waals surface area contributed by atoms with Crippen molar-refractivity contribution < 1.29 is 4.79 Å². The van der Waals surface area contributed by atoms with Gasteiger partial charge in [0.1, 0.15) is 0 Å². The molecule has 0 aliphatic carbocycles. The van der Waals surface area contributed by atoms with Crippen LogP contribution < -0.4 is 10.2 Å². The molecule has 1 amide bonds. The van der Waals surface area contributed by atoms with E-state index in [-0.39, 0.29) is 24.0 Å². The third-order valence-corrected chi connectivity index (χ3v) is 6.74. The number of carbonyl (C=O) groups excluding carboxylic acids is 1. The van der Waals surface area contributed by atoms with Gasteiger partial charge in [-0.25, -0.2) is 0 Å². The summed E-state index contributed by atoms with van der Waals surface area (Å²) in [6.45, 7) is 1.80. The van der Waals surface area contributed by atoms with E-state index in [1.165, 1.54) is 0 Å². The predicted octanol–water partition coefficient (Wildman–Crippen LogP) is 3.29. The molecule has 4 atom stereocenters. The van der Waals surface area contributed by atoms with E-state index in [4.69, 9.17) is 16.9 Å². The third-order valence-electron chi connectivity index (χ3n) is 6.43. The molecule has 1 aromatic carbocycles. The van der Waals surface area contributed by atoms with E-state index in [9.17, 15) is 10.1 Å². The SMILES string of the molecule is N#CCC1CCCN(c2ccc(C(=O)N[C@@H]3C[C@@H]4CC[C@H]3N4C#N)c(Cl)c2)C1. The zero-order chi connectivity index (χ0) is 19.7. The second-order valence-electron chi connectivity index (χ2n) is 8.10. The van der Waals surface area contributed by atoms with Gasteiger partial charge in [-0.05, 0) is 56.2 Å². The number of halogens is 1. The highest BCUT2D eigenvalue weighted by molar-refractivity contribution is 6.34. The van der Waals surface area contributed by atoms with Crippen molar-refractivity contribution in [2.45, 2.75) is 56.7 Å². The average Bonchev–Trinajstić information content (AvgIpc) is 3.25. The molecule has 2 bridgehead atoms. The lowest BCUT2D eigenvalue weighted by molar-refractivity contribution is 0.0928. The zero-order valence-corrected chi connectivity index (χ0v) is 16.5. The number of anilines is 1. The van der Waals surface area contributed by atoms with Crippen LogP contribution in [0.25, 0.3) is 0 Å². The Hall–Kier alpha value is -2.44. The summed E-state index contributed by atoms with van der Waals surface area (Å²) < 4.78 is 0. The summed E-state index contributed by atoms with van der Waals surface area (Å²) in [5.74, 6) is 0.217. The van der Waals surface area contributed by atoms with Gasteiger partial charge in [0.2, 0.25) is 0 Å². The van der Waals surface area contributed by atoms with Gasteiger partial charge in [0.05, 0.1) is 28.7 Å². The van der Waals surface area contributed by atoms with Gasteiger partial charge in [-0.1, -0.05) is 11.6 Å². The summed E-state index contributed by atoms with van der Waals surface area (Å²) in [5, 5.41) is 21.8. The molecule has 1 N–H and O–H groups in total. The maximum atomic E-state index is 12.8. The number of nitrogens with zero attached hydrogens (tertiary/aromatic N) is 4. The average molecular weight is 398 g/mol. The molecule has 1 unspecified atom stereocenters. The van der Waals surface area contributed by atoms with E-state index in [0.717, 1.165) is 50.9 Å². The van der Waals surface area contributed by atoms with Gasteiger partial charge in [0, 0.05) is 31.2 Å². The standard InChI is InChI=1S/C21H24ClN5O/c22-18-10-15(26-9-1-2-14(12-26)7-8-23)3-5-17(18)21(28)25-19-11-16-4-6-20(19)27(16)13-24/h3,5,10,14,16,19-20H,1-2,4,6-7,9,11-12H2,(H,25,28)/t14?,16-,19+,20+/m0/s1. The van der Waals surface area contributed by atoms with Crippen molar-refractivity contribution >= 4 is 23.2 Å². The molecule has 146 valence electrons. The summed E-state index contributed by atoms with van der Waals surface area (Å²) in [6.07, 6.45) is 7.80. The van der Waals surface area contributed by atoms with Crippen molar-refractivity contribution in [3.05, 3.63) is 28.8 Å². The van der Waals surface area contributed by atoms with Crippen LogP contribution in [0.3, 0.4) is 0 Å². The van der Waals surface area contributed by atoms with Crippen molar-refractivity contribution in [2.75, 3.05) is 18.0 Å². The monoisotopic (exact) mass is 397 g/mol. The van der Waals surface area contributed by atoms with E-state index in [2.05, 4.69) is 22.5 Å². The van der Waals surface area contributed by atoms with Crippen LogP contribution in [0.1, 0.15) is 48.9 Å². The lowest BCUT2D eigenvalue weighted by Crippen LogP contribution is -2.43. The number of nitriles is 2. The van der Waals surface area contributed by atoms with Crippen LogP contribution in [0.4, 0.5) is 5.69 Å². The van der Waals surface area contributed by atoms with Gasteiger partial charge in [0.15, 0.2) is 6.19 Å². The molecule has 0 radical (unpaired) electrons. The zero-order valence-electron chi connectivity index (χ0n) is 15.8. The first kappa shape index (κ1) is 18.9. The van der Waals surface area contributed by atoms with Crippen LogP contribution in [-0.4, -0.2) is 42.0 Å². The van der Waals surface area contributed by atoms with E-state index < -0.39 is 0 Å². The molecule has 1 aromatic rings. The second kappa shape index (κ2) is 7.89. The van der Waals surface area contributed by atoms with Crippen LogP contribution in [-0.2, 0) is 0 Å². The molecule has 28 heavy (non-hydrogen) atoms. The minimum Gasteiger partial charge on any atom is -0.371 e. The Morgan fingerprint density at radius 3 is 2.86 bits per heavy atom. The maximum absolute atomic E-state index is 12.8. The first-order chi connectivity index (χ1) is 13.6. The van der Waals surface area contributed by atoms with Gasteiger partial charge < -0.3 is 15.1 Å². The van der Waals surface area contributed by atoms with Gasteiger partial charge in [-0.2, -0.15) is 10.5 Å². The van der Waals surface area contributed by atoms with E-state index in [0.29, 0.717) is 22.9 Å². The van der Waals surface area contributed by atoms with Crippen LogP contribution in [0, 0.1) is 28.7 Å². The number of rotatable bonds is 4. The topological polar surface area (TPSA) is 83.2 Å². The molecule has 3 aliphatic heterocycles. The lowest BCUT2D eigenvalue weighted by Gasteiger charge is -2.33. The van der Waals surface area contributed by atoms with Crippen molar-refractivity contribution in [2.24, 2.45) is 5.92 Å².